The van der Waals surface area contributed by atoms with Gasteiger partial charge >= 0.3 is 13.8 Å². The normalized spacial score (nSPS) is 14.2. The molecule has 26 heavy (non-hydrogen) atoms. The van der Waals surface area contributed by atoms with Crippen molar-refractivity contribution in [1.29, 1.82) is 0 Å². The Balaban J connectivity index is 2.37. The monoisotopic (exact) mass is 391 g/mol. The first-order chi connectivity index (χ1) is 12.2. The van der Waals surface area contributed by atoms with Crippen molar-refractivity contribution in [2.24, 2.45) is 0 Å². The molecular weight excluding hydrogens is 374 g/mol. The summed E-state index contributed by atoms with van der Waals surface area (Å²) >= 11 is 0. The standard InChI is InChI=1S/C16H17F3NO5P/c1-4-24-26(21,25-5-2)14-9(3)10-6-12-13(23-8-22-12)7-11(10)20-15(14)16(17,18)19/h6-7H,4-5,8H2,1-3H3. The van der Waals surface area contributed by atoms with Gasteiger partial charge in [-0.3, -0.25) is 4.57 Å². The van der Waals surface area contributed by atoms with Crippen LogP contribution in [0.3, 0.4) is 0 Å². The molecule has 0 amide bonds. The van der Waals surface area contributed by atoms with Gasteiger partial charge in [0.05, 0.1) is 24.0 Å². The summed E-state index contributed by atoms with van der Waals surface area (Å²) in [5, 5.41) is -0.211. The van der Waals surface area contributed by atoms with Crippen molar-refractivity contribution in [3.05, 3.63) is 23.4 Å². The van der Waals surface area contributed by atoms with Crippen molar-refractivity contribution >= 4 is 23.8 Å². The van der Waals surface area contributed by atoms with Crippen LogP contribution in [0, 0.1) is 6.92 Å². The average molecular weight is 391 g/mol. The molecule has 2 aromatic rings. The van der Waals surface area contributed by atoms with Gasteiger partial charge in [-0.25, -0.2) is 4.98 Å². The highest BCUT2D eigenvalue weighted by Crippen LogP contribution is 2.51. The van der Waals surface area contributed by atoms with Crippen LogP contribution in [0.5, 0.6) is 11.5 Å². The number of aromatic nitrogens is 1. The zero-order chi connectivity index (χ0) is 19.1. The minimum Gasteiger partial charge on any atom is -0.454 e. The van der Waals surface area contributed by atoms with Gasteiger partial charge in [0.25, 0.3) is 0 Å². The summed E-state index contributed by atoms with van der Waals surface area (Å²) in [5.41, 5.74) is -1.11. The molecule has 0 saturated heterocycles. The minimum absolute atomic E-state index is 0.0277. The van der Waals surface area contributed by atoms with Gasteiger partial charge in [0.2, 0.25) is 6.79 Å². The number of ether oxygens (including phenoxy) is 2. The molecule has 0 bridgehead atoms. The van der Waals surface area contributed by atoms with E-state index < -0.39 is 24.8 Å². The fourth-order valence-corrected chi connectivity index (χ4v) is 4.82. The number of aryl methyl sites for hydroxylation is 1. The maximum atomic E-state index is 13.7. The van der Waals surface area contributed by atoms with Crippen molar-refractivity contribution in [3.63, 3.8) is 0 Å². The molecule has 0 fully saturated rings. The fraction of sp³-hybridized carbons (Fsp3) is 0.438. The van der Waals surface area contributed by atoms with Gasteiger partial charge < -0.3 is 18.5 Å². The maximum Gasteiger partial charge on any atom is 0.434 e. The van der Waals surface area contributed by atoms with Crippen LogP contribution in [-0.2, 0) is 19.8 Å². The lowest BCUT2D eigenvalue weighted by Crippen LogP contribution is -2.26. The third kappa shape index (κ3) is 3.15. The average Bonchev–Trinajstić information content (AvgIpc) is 2.99. The van der Waals surface area contributed by atoms with Crippen molar-refractivity contribution < 1.29 is 36.3 Å². The summed E-state index contributed by atoms with van der Waals surface area (Å²) in [5.74, 6) is 0.693. The molecule has 0 saturated carbocycles. The van der Waals surface area contributed by atoms with Crippen LogP contribution in [0.1, 0.15) is 25.1 Å². The van der Waals surface area contributed by atoms with E-state index in [1.807, 2.05) is 0 Å². The lowest BCUT2D eigenvalue weighted by atomic mass is 10.1. The van der Waals surface area contributed by atoms with Gasteiger partial charge in [-0.2, -0.15) is 13.2 Å². The third-order valence-electron chi connectivity index (χ3n) is 3.85. The lowest BCUT2D eigenvalue weighted by Gasteiger charge is -2.23. The van der Waals surface area contributed by atoms with Crippen molar-refractivity contribution in [3.8, 4) is 11.5 Å². The number of alkyl halides is 3. The predicted molar refractivity (Wildman–Crippen MR) is 88.1 cm³/mol. The molecule has 2 heterocycles. The topological polar surface area (TPSA) is 66.9 Å². The zero-order valence-electron chi connectivity index (χ0n) is 14.3. The number of pyridine rings is 1. The lowest BCUT2D eigenvalue weighted by molar-refractivity contribution is -0.140. The molecule has 0 atom stereocenters. The molecule has 0 aliphatic carbocycles. The maximum absolute atomic E-state index is 13.7. The van der Waals surface area contributed by atoms with E-state index in [0.717, 1.165) is 0 Å². The molecule has 0 unspecified atom stereocenters. The quantitative estimate of drug-likeness (QED) is 0.713. The largest absolute Gasteiger partial charge is 0.454 e. The Morgan fingerprint density at radius 3 is 2.27 bits per heavy atom. The van der Waals surface area contributed by atoms with Crippen molar-refractivity contribution in [2.75, 3.05) is 20.0 Å². The molecule has 1 aromatic carbocycles. The minimum atomic E-state index is -4.84. The Kier molecular flexibility index (Phi) is 4.90. The molecule has 3 rings (SSSR count). The Labute approximate surface area is 147 Å². The van der Waals surface area contributed by atoms with Gasteiger partial charge in [-0.05, 0) is 32.4 Å². The van der Waals surface area contributed by atoms with E-state index in [1.165, 1.54) is 32.9 Å². The smallest absolute Gasteiger partial charge is 0.434 e. The summed E-state index contributed by atoms with van der Waals surface area (Å²) in [6, 6.07) is 2.89. The number of nitrogens with zero attached hydrogens (tertiary/aromatic N) is 1. The highest BCUT2D eigenvalue weighted by Gasteiger charge is 2.44. The van der Waals surface area contributed by atoms with E-state index in [-0.39, 0.29) is 31.1 Å². The molecule has 6 nitrogen and oxygen atoms in total. The first kappa shape index (κ1) is 18.9. The van der Waals surface area contributed by atoms with Gasteiger partial charge in [0.1, 0.15) is 0 Å². The van der Waals surface area contributed by atoms with Gasteiger partial charge in [0.15, 0.2) is 17.2 Å². The second-order valence-corrected chi connectivity index (χ2v) is 7.45. The highest BCUT2D eigenvalue weighted by atomic mass is 31.2. The fourth-order valence-electron chi connectivity index (χ4n) is 2.84. The molecule has 0 spiro atoms. The van der Waals surface area contributed by atoms with Crippen molar-refractivity contribution in [1.82, 2.24) is 4.98 Å². The van der Waals surface area contributed by atoms with Crippen LogP contribution in [0.2, 0.25) is 0 Å². The summed E-state index contributed by atoms with van der Waals surface area (Å²) in [6.07, 6.45) is -4.84. The first-order valence-corrected chi connectivity index (χ1v) is 9.46. The molecule has 0 N–H and O–H groups in total. The molecule has 0 radical (unpaired) electrons. The second-order valence-electron chi connectivity index (χ2n) is 5.49. The summed E-state index contributed by atoms with van der Waals surface area (Å²) in [6.45, 7) is 4.31. The number of hydrogen-bond acceptors (Lipinski definition) is 6. The Morgan fingerprint density at radius 1 is 1.15 bits per heavy atom. The first-order valence-electron chi connectivity index (χ1n) is 7.92. The number of hydrogen-bond donors (Lipinski definition) is 0. The third-order valence-corrected chi connectivity index (χ3v) is 6.14. The van der Waals surface area contributed by atoms with E-state index in [9.17, 15) is 17.7 Å². The molecule has 1 aromatic heterocycles. The van der Waals surface area contributed by atoms with E-state index in [0.29, 0.717) is 16.9 Å². The van der Waals surface area contributed by atoms with E-state index in [4.69, 9.17) is 18.5 Å². The molecule has 1 aliphatic heterocycles. The Hall–Kier alpha value is -1.83. The predicted octanol–water partition coefficient (Wildman–Crippen LogP) is 4.18. The molecular formula is C16H17F3NO5P. The number of fused-ring (bicyclic) bond motifs is 2. The Morgan fingerprint density at radius 2 is 1.73 bits per heavy atom. The number of benzene rings is 1. The summed E-state index contributed by atoms with van der Waals surface area (Å²) in [4.78, 5) is 3.72. The van der Waals surface area contributed by atoms with Gasteiger partial charge in [-0.1, -0.05) is 0 Å². The summed E-state index contributed by atoms with van der Waals surface area (Å²) in [7, 11) is -4.22. The second kappa shape index (κ2) is 6.72. The molecule has 142 valence electrons. The molecule has 1 aliphatic rings. The van der Waals surface area contributed by atoms with E-state index in [2.05, 4.69) is 4.98 Å². The van der Waals surface area contributed by atoms with Crippen LogP contribution < -0.4 is 14.8 Å². The number of halogens is 3. The highest BCUT2D eigenvalue weighted by molar-refractivity contribution is 7.62. The van der Waals surface area contributed by atoms with Crippen LogP contribution >= 0.6 is 7.60 Å². The van der Waals surface area contributed by atoms with Crippen LogP contribution in [0.25, 0.3) is 10.9 Å². The SMILES string of the molecule is CCOP(=O)(OCC)c1c(C(F)(F)F)nc2cc3c(cc2c1C)OCO3. The van der Waals surface area contributed by atoms with E-state index in [1.54, 1.807) is 0 Å². The van der Waals surface area contributed by atoms with Gasteiger partial charge in [0, 0.05) is 11.5 Å². The van der Waals surface area contributed by atoms with Crippen LogP contribution in [0.15, 0.2) is 12.1 Å². The van der Waals surface area contributed by atoms with Crippen molar-refractivity contribution in [2.45, 2.75) is 26.9 Å². The van der Waals surface area contributed by atoms with Gasteiger partial charge in [-0.15, -0.1) is 0 Å². The zero-order valence-corrected chi connectivity index (χ0v) is 15.2. The number of rotatable bonds is 5. The van der Waals surface area contributed by atoms with Crippen LogP contribution in [0.4, 0.5) is 13.2 Å². The molecule has 10 heteroatoms. The Bertz CT molecular complexity index is 890. The van der Waals surface area contributed by atoms with Crippen LogP contribution in [-0.4, -0.2) is 25.0 Å². The summed E-state index contributed by atoms with van der Waals surface area (Å²) < 4.78 is 75.0. The van der Waals surface area contributed by atoms with E-state index >= 15 is 0 Å².